The highest BCUT2D eigenvalue weighted by molar-refractivity contribution is 5.18. The maximum Gasteiger partial charge on any atom is 0.137 e. The molecule has 4 heteroatoms. The van der Waals surface area contributed by atoms with Gasteiger partial charge in [-0.15, -0.1) is 0 Å². The summed E-state index contributed by atoms with van der Waals surface area (Å²) in [7, 11) is 3.77. The number of pyridine rings is 1. The van der Waals surface area contributed by atoms with Gasteiger partial charge in [0, 0.05) is 26.0 Å². The SMILES string of the molecule is CCC(OC(c1ccncc1)N(C)CCOC)c1ccccc1. The van der Waals surface area contributed by atoms with E-state index in [1.807, 2.05) is 18.2 Å². The van der Waals surface area contributed by atoms with E-state index in [1.54, 1.807) is 19.5 Å². The van der Waals surface area contributed by atoms with Crippen LogP contribution in [0, 0.1) is 0 Å². The van der Waals surface area contributed by atoms with Gasteiger partial charge in [-0.3, -0.25) is 9.88 Å². The van der Waals surface area contributed by atoms with Gasteiger partial charge in [-0.1, -0.05) is 37.3 Å². The predicted octanol–water partition coefficient (Wildman–Crippen LogP) is 3.83. The van der Waals surface area contributed by atoms with Gasteiger partial charge in [0.15, 0.2) is 0 Å². The topological polar surface area (TPSA) is 34.6 Å². The van der Waals surface area contributed by atoms with E-state index in [-0.39, 0.29) is 12.3 Å². The van der Waals surface area contributed by atoms with Gasteiger partial charge in [-0.25, -0.2) is 0 Å². The van der Waals surface area contributed by atoms with Crippen LogP contribution in [0.15, 0.2) is 54.9 Å². The number of hydrogen-bond donors (Lipinski definition) is 0. The highest BCUT2D eigenvalue weighted by atomic mass is 16.5. The quantitative estimate of drug-likeness (QED) is 0.659. The van der Waals surface area contributed by atoms with Crippen LogP contribution in [-0.2, 0) is 9.47 Å². The second-order valence-corrected chi connectivity index (χ2v) is 5.55. The third kappa shape index (κ3) is 5.13. The molecular formula is C19H26N2O2. The summed E-state index contributed by atoms with van der Waals surface area (Å²) in [6.07, 6.45) is 4.46. The summed E-state index contributed by atoms with van der Waals surface area (Å²) in [6.45, 7) is 3.62. The lowest BCUT2D eigenvalue weighted by Gasteiger charge is -2.32. The zero-order chi connectivity index (χ0) is 16.5. The highest BCUT2D eigenvalue weighted by Crippen LogP contribution is 2.30. The van der Waals surface area contributed by atoms with Gasteiger partial charge in [0.05, 0.1) is 12.7 Å². The third-order valence-corrected chi connectivity index (χ3v) is 3.88. The van der Waals surface area contributed by atoms with Crippen molar-refractivity contribution < 1.29 is 9.47 Å². The maximum absolute atomic E-state index is 6.47. The third-order valence-electron chi connectivity index (χ3n) is 3.88. The first-order valence-corrected chi connectivity index (χ1v) is 8.05. The van der Waals surface area contributed by atoms with Crippen LogP contribution in [0.3, 0.4) is 0 Å². The van der Waals surface area contributed by atoms with Crippen molar-refractivity contribution >= 4 is 0 Å². The lowest BCUT2D eigenvalue weighted by molar-refractivity contribution is -0.101. The van der Waals surface area contributed by atoms with Gasteiger partial charge in [0.2, 0.25) is 0 Å². The fourth-order valence-electron chi connectivity index (χ4n) is 2.55. The van der Waals surface area contributed by atoms with Crippen LogP contribution in [0.1, 0.15) is 36.8 Å². The Morgan fingerprint density at radius 2 is 1.74 bits per heavy atom. The fraction of sp³-hybridized carbons (Fsp3) is 0.421. The van der Waals surface area contributed by atoms with Crippen LogP contribution in [0.4, 0.5) is 0 Å². The Bertz CT molecular complexity index is 548. The van der Waals surface area contributed by atoms with Crippen molar-refractivity contribution in [3.05, 3.63) is 66.0 Å². The van der Waals surface area contributed by atoms with Gasteiger partial charge in [0.25, 0.3) is 0 Å². The Morgan fingerprint density at radius 3 is 2.35 bits per heavy atom. The molecular weight excluding hydrogens is 288 g/mol. The number of hydrogen-bond acceptors (Lipinski definition) is 4. The van der Waals surface area contributed by atoms with Crippen molar-refractivity contribution in [3.8, 4) is 0 Å². The molecule has 0 bridgehead atoms. The lowest BCUT2D eigenvalue weighted by Crippen LogP contribution is -2.31. The molecule has 0 fully saturated rings. The van der Waals surface area contributed by atoms with Crippen molar-refractivity contribution in [1.82, 2.24) is 9.88 Å². The number of nitrogens with zero attached hydrogens (tertiary/aromatic N) is 2. The van der Waals surface area contributed by atoms with Crippen LogP contribution in [0.2, 0.25) is 0 Å². The predicted molar refractivity (Wildman–Crippen MR) is 92.0 cm³/mol. The first-order valence-electron chi connectivity index (χ1n) is 8.05. The van der Waals surface area contributed by atoms with Gasteiger partial charge in [0.1, 0.15) is 6.23 Å². The smallest absolute Gasteiger partial charge is 0.137 e. The minimum atomic E-state index is -0.127. The van der Waals surface area contributed by atoms with Crippen LogP contribution in [0.25, 0.3) is 0 Å². The molecule has 0 N–H and O–H groups in total. The summed E-state index contributed by atoms with van der Waals surface area (Å²) in [5, 5.41) is 0. The van der Waals surface area contributed by atoms with E-state index in [9.17, 15) is 0 Å². The molecule has 2 unspecified atom stereocenters. The Kier molecular flexibility index (Phi) is 7.20. The van der Waals surface area contributed by atoms with E-state index in [0.717, 1.165) is 18.5 Å². The summed E-state index contributed by atoms with van der Waals surface area (Å²) in [5.41, 5.74) is 2.31. The van der Waals surface area contributed by atoms with Crippen molar-refractivity contribution in [2.45, 2.75) is 25.7 Å². The second-order valence-electron chi connectivity index (χ2n) is 5.55. The van der Waals surface area contributed by atoms with Gasteiger partial charge >= 0.3 is 0 Å². The van der Waals surface area contributed by atoms with Crippen molar-refractivity contribution in [1.29, 1.82) is 0 Å². The monoisotopic (exact) mass is 314 g/mol. The van der Waals surface area contributed by atoms with Crippen molar-refractivity contribution in [2.75, 3.05) is 27.3 Å². The largest absolute Gasteiger partial charge is 0.383 e. The average Bonchev–Trinajstić information content (AvgIpc) is 2.62. The second kappa shape index (κ2) is 9.40. The molecule has 0 aliphatic heterocycles. The standard InChI is InChI=1S/C19H26N2O2/c1-4-18(16-8-6-5-7-9-16)23-19(21(2)14-15-22-3)17-10-12-20-13-11-17/h5-13,18-19H,4,14-15H2,1-3H3. The lowest BCUT2D eigenvalue weighted by atomic mass is 10.1. The molecule has 0 saturated heterocycles. The molecule has 0 radical (unpaired) electrons. The molecule has 1 aromatic carbocycles. The minimum Gasteiger partial charge on any atom is -0.383 e. The average molecular weight is 314 g/mol. The van der Waals surface area contributed by atoms with Gasteiger partial charge in [-0.2, -0.15) is 0 Å². The van der Waals surface area contributed by atoms with Crippen LogP contribution < -0.4 is 0 Å². The molecule has 1 heterocycles. The Labute approximate surface area is 139 Å². The zero-order valence-corrected chi connectivity index (χ0v) is 14.2. The zero-order valence-electron chi connectivity index (χ0n) is 14.2. The number of aromatic nitrogens is 1. The number of rotatable bonds is 9. The van der Waals surface area contributed by atoms with Crippen LogP contribution in [-0.4, -0.2) is 37.2 Å². The molecule has 23 heavy (non-hydrogen) atoms. The maximum atomic E-state index is 6.47. The summed E-state index contributed by atoms with van der Waals surface area (Å²) < 4.78 is 11.7. The van der Waals surface area contributed by atoms with E-state index in [0.29, 0.717) is 6.61 Å². The fourth-order valence-corrected chi connectivity index (χ4v) is 2.55. The molecule has 0 saturated carbocycles. The molecule has 0 aliphatic rings. The molecule has 1 aromatic heterocycles. The molecule has 2 rings (SSSR count). The molecule has 0 spiro atoms. The molecule has 0 aliphatic carbocycles. The van der Waals surface area contributed by atoms with E-state index in [1.165, 1.54) is 5.56 Å². The molecule has 4 nitrogen and oxygen atoms in total. The Balaban J connectivity index is 2.19. The van der Waals surface area contributed by atoms with Crippen LogP contribution in [0.5, 0.6) is 0 Å². The first-order chi connectivity index (χ1) is 11.3. The summed E-state index contributed by atoms with van der Waals surface area (Å²) in [6, 6.07) is 14.4. The number of likely N-dealkylation sites (N-methyl/N-ethyl adjacent to an activating group) is 1. The molecule has 0 amide bonds. The van der Waals surface area contributed by atoms with Crippen LogP contribution >= 0.6 is 0 Å². The Morgan fingerprint density at radius 1 is 1.04 bits per heavy atom. The summed E-state index contributed by atoms with van der Waals surface area (Å²) in [5.74, 6) is 0. The molecule has 2 aromatic rings. The minimum absolute atomic E-state index is 0.0550. The van der Waals surface area contributed by atoms with Gasteiger partial charge in [-0.05, 0) is 36.7 Å². The van der Waals surface area contributed by atoms with Gasteiger partial charge < -0.3 is 9.47 Å². The summed E-state index contributed by atoms with van der Waals surface area (Å²) in [4.78, 5) is 6.28. The summed E-state index contributed by atoms with van der Waals surface area (Å²) >= 11 is 0. The first kappa shape index (κ1) is 17.6. The number of benzene rings is 1. The van der Waals surface area contributed by atoms with E-state index >= 15 is 0 Å². The highest BCUT2D eigenvalue weighted by Gasteiger charge is 2.22. The Hall–Kier alpha value is -1.75. The molecule has 124 valence electrons. The van der Waals surface area contributed by atoms with Crippen molar-refractivity contribution in [2.24, 2.45) is 0 Å². The van der Waals surface area contributed by atoms with E-state index in [2.05, 4.69) is 48.1 Å². The number of methoxy groups -OCH3 is 1. The molecule has 2 atom stereocenters. The normalized spacial score (nSPS) is 13.9. The number of ether oxygens (including phenoxy) is 2. The van der Waals surface area contributed by atoms with E-state index in [4.69, 9.17) is 9.47 Å². The van der Waals surface area contributed by atoms with Crippen molar-refractivity contribution in [3.63, 3.8) is 0 Å². The van der Waals surface area contributed by atoms with E-state index < -0.39 is 0 Å².